The number of ether oxygens (including phenoxy) is 1. The highest BCUT2D eigenvalue weighted by Gasteiger charge is 2.40. The van der Waals surface area contributed by atoms with Crippen molar-refractivity contribution in [2.75, 3.05) is 32.5 Å². The van der Waals surface area contributed by atoms with Crippen LogP contribution in [0.2, 0.25) is 0 Å². The number of carbonyl (C=O) groups is 1. The predicted octanol–water partition coefficient (Wildman–Crippen LogP) is 5.12. The number of aliphatic carboxylic acids is 1. The maximum absolute atomic E-state index is 12.8. The SMILES string of the molecule is COc1ccc2c(C)cc(=O)n(CCCC3(C(=O)O)CCN(CCSc4cccs4)CC3)c2c1. The lowest BCUT2D eigenvalue weighted by Crippen LogP contribution is -2.45. The predicted molar refractivity (Wildman–Crippen MR) is 140 cm³/mol. The van der Waals surface area contributed by atoms with Gasteiger partial charge in [0, 0.05) is 36.4 Å². The van der Waals surface area contributed by atoms with Gasteiger partial charge >= 0.3 is 5.97 Å². The highest BCUT2D eigenvalue weighted by atomic mass is 32.2. The molecular weight excluding hydrogens is 468 g/mol. The molecular formula is C26H32N2O4S2. The number of fused-ring (bicyclic) bond motifs is 1. The molecule has 1 N–H and O–H groups in total. The lowest BCUT2D eigenvalue weighted by Gasteiger charge is -2.39. The van der Waals surface area contributed by atoms with Crippen LogP contribution in [-0.2, 0) is 11.3 Å². The molecule has 1 fully saturated rings. The van der Waals surface area contributed by atoms with Crippen LogP contribution in [0.1, 0.15) is 31.2 Å². The van der Waals surface area contributed by atoms with Crippen molar-refractivity contribution in [1.82, 2.24) is 9.47 Å². The second-order valence-corrected chi connectivity index (χ2v) is 11.4. The fourth-order valence-corrected chi connectivity index (χ4v) is 6.72. The first-order valence-electron chi connectivity index (χ1n) is 11.7. The van der Waals surface area contributed by atoms with Crippen LogP contribution < -0.4 is 10.3 Å². The third-order valence-electron chi connectivity index (χ3n) is 6.98. The fourth-order valence-electron chi connectivity index (χ4n) is 4.86. The Morgan fingerprint density at radius 2 is 2.00 bits per heavy atom. The molecule has 6 nitrogen and oxygen atoms in total. The van der Waals surface area contributed by atoms with E-state index in [2.05, 4.69) is 22.4 Å². The van der Waals surface area contributed by atoms with Crippen LogP contribution in [0.25, 0.3) is 10.9 Å². The zero-order valence-electron chi connectivity index (χ0n) is 19.8. The lowest BCUT2D eigenvalue weighted by molar-refractivity contribution is -0.152. The highest BCUT2D eigenvalue weighted by Crippen LogP contribution is 2.37. The quantitative estimate of drug-likeness (QED) is 0.390. The molecule has 0 saturated carbocycles. The van der Waals surface area contributed by atoms with Gasteiger partial charge in [-0.05, 0) is 74.8 Å². The van der Waals surface area contributed by atoms with Gasteiger partial charge in [-0.2, -0.15) is 0 Å². The summed E-state index contributed by atoms with van der Waals surface area (Å²) in [5, 5.41) is 13.2. The van der Waals surface area contributed by atoms with Crippen LogP contribution >= 0.6 is 23.1 Å². The van der Waals surface area contributed by atoms with Crippen LogP contribution in [0.4, 0.5) is 0 Å². The van der Waals surface area contributed by atoms with Gasteiger partial charge in [0.15, 0.2) is 0 Å². The number of aromatic nitrogens is 1. The van der Waals surface area contributed by atoms with Gasteiger partial charge in [0.05, 0.1) is 22.3 Å². The van der Waals surface area contributed by atoms with Gasteiger partial charge in [-0.15, -0.1) is 23.1 Å². The molecule has 1 aliphatic rings. The number of carboxylic acids is 1. The second kappa shape index (κ2) is 11.0. The van der Waals surface area contributed by atoms with E-state index in [-0.39, 0.29) is 5.56 Å². The molecule has 182 valence electrons. The minimum atomic E-state index is -0.709. The molecule has 0 amide bonds. The van der Waals surface area contributed by atoms with Gasteiger partial charge in [-0.25, -0.2) is 0 Å². The molecule has 3 heterocycles. The summed E-state index contributed by atoms with van der Waals surface area (Å²) in [6.45, 7) is 5.03. The van der Waals surface area contributed by atoms with Crippen molar-refractivity contribution in [1.29, 1.82) is 0 Å². The summed E-state index contributed by atoms with van der Waals surface area (Å²) in [6.07, 6.45) is 2.54. The molecule has 2 aromatic heterocycles. The van der Waals surface area contributed by atoms with Crippen molar-refractivity contribution in [2.45, 2.75) is 43.4 Å². The molecule has 4 rings (SSSR count). The van der Waals surface area contributed by atoms with Crippen LogP contribution in [0.15, 0.2) is 50.8 Å². The number of piperidine rings is 1. The number of benzene rings is 1. The third-order valence-corrected chi connectivity index (χ3v) is 9.09. The van der Waals surface area contributed by atoms with Crippen molar-refractivity contribution >= 4 is 40.0 Å². The summed E-state index contributed by atoms with van der Waals surface area (Å²) in [4.78, 5) is 27.5. The maximum atomic E-state index is 12.8. The fraction of sp³-hybridized carbons (Fsp3) is 0.462. The first-order valence-corrected chi connectivity index (χ1v) is 13.6. The van der Waals surface area contributed by atoms with E-state index in [9.17, 15) is 14.7 Å². The summed E-state index contributed by atoms with van der Waals surface area (Å²) < 4.78 is 8.45. The van der Waals surface area contributed by atoms with Gasteiger partial charge in [0.2, 0.25) is 0 Å². The Bertz CT molecular complexity index is 1180. The van der Waals surface area contributed by atoms with Crippen molar-refractivity contribution in [3.05, 3.63) is 57.7 Å². The second-order valence-electron chi connectivity index (χ2n) is 9.01. The minimum absolute atomic E-state index is 0.0549. The molecule has 0 aliphatic carbocycles. The van der Waals surface area contributed by atoms with Crippen LogP contribution in [-0.4, -0.2) is 53.0 Å². The van der Waals surface area contributed by atoms with E-state index in [0.29, 0.717) is 38.0 Å². The number of nitrogens with zero attached hydrogens (tertiary/aromatic N) is 2. The summed E-state index contributed by atoms with van der Waals surface area (Å²) in [5.74, 6) is 1.02. The average Bonchev–Trinajstić information content (AvgIpc) is 3.35. The van der Waals surface area contributed by atoms with Crippen LogP contribution in [0.3, 0.4) is 0 Å². The van der Waals surface area contributed by atoms with Crippen molar-refractivity contribution in [3.63, 3.8) is 0 Å². The van der Waals surface area contributed by atoms with E-state index in [0.717, 1.165) is 41.9 Å². The van der Waals surface area contributed by atoms with E-state index in [1.54, 1.807) is 29.1 Å². The number of likely N-dealkylation sites (tertiary alicyclic amines) is 1. The number of thiophene rings is 1. The highest BCUT2D eigenvalue weighted by molar-refractivity contribution is 8.01. The van der Waals surface area contributed by atoms with E-state index < -0.39 is 11.4 Å². The number of pyridine rings is 1. The van der Waals surface area contributed by atoms with Crippen molar-refractivity contribution in [2.24, 2.45) is 5.41 Å². The molecule has 3 aromatic rings. The normalized spacial score (nSPS) is 16.1. The number of thioether (sulfide) groups is 1. The summed E-state index contributed by atoms with van der Waals surface area (Å²) >= 11 is 3.62. The Labute approximate surface area is 208 Å². The molecule has 8 heteroatoms. The summed E-state index contributed by atoms with van der Waals surface area (Å²) in [7, 11) is 1.61. The lowest BCUT2D eigenvalue weighted by atomic mass is 9.75. The van der Waals surface area contributed by atoms with Crippen LogP contribution in [0.5, 0.6) is 5.75 Å². The topological polar surface area (TPSA) is 71.8 Å². The summed E-state index contributed by atoms with van der Waals surface area (Å²) in [6, 6.07) is 11.6. The molecule has 0 spiro atoms. The van der Waals surface area contributed by atoms with Crippen LogP contribution in [0, 0.1) is 12.3 Å². The Morgan fingerprint density at radius 3 is 2.68 bits per heavy atom. The molecule has 1 aromatic carbocycles. The summed E-state index contributed by atoms with van der Waals surface area (Å²) in [5.41, 5.74) is 1.01. The smallest absolute Gasteiger partial charge is 0.309 e. The van der Waals surface area contributed by atoms with E-state index in [4.69, 9.17) is 4.74 Å². The molecule has 0 unspecified atom stereocenters. The number of methoxy groups -OCH3 is 1. The first kappa shape index (κ1) is 24.8. The number of hydrogen-bond donors (Lipinski definition) is 1. The molecule has 1 aliphatic heterocycles. The van der Waals surface area contributed by atoms with Crippen molar-refractivity contribution < 1.29 is 14.6 Å². The van der Waals surface area contributed by atoms with Gasteiger partial charge in [0.1, 0.15) is 5.75 Å². The molecule has 0 radical (unpaired) electrons. The van der Waals surface area contributed by atoms with E-state index in [1.807, 2.05) is 36.9 Å². The van der Waals surface area contributed by atoms with Gasteiger partial charge < -0.3 is 19.3 Å². The average molecular weight is 501 g/mol. The molecule has 0 atom stereocenters. The van der Waals surface area contributed by atoms with Gasteiger partial charge in [0.25, 0.3) is 5.56 Å². The number of carboxylic acid groups (broad SMARTS) is 1. The minimum Gasteiger partial charge on any atom is -0.497 e. The molecule has 1 saturated heterocycles. The number of aryl methyl sites for hydroxylation is 2. The molecule has 34 heavy (non-hydrogen) atoms. The first-order chi connectivity index (χ1) is 16.4. The van der Waals surface area contributed by atoms with E-state index in [1.165, 1.54) is 4.21 Å². The molecule has 0 bridgehead atoms. The van der Waals surface area contributed by atoms with Gasteiger partial charge in [-0.1, -0.05) is 6.07 Å². The Morgan fingerprint density at radius 1 is 1.21 bits per heavy atom. The van der Waals surface area contributed by atoms with E-state index >= 15 is 0 Å². The van der Waals surface area contributed by atoms with Crippen molar-refractivity contribution in [3.8, 4) is 5.75 Å². The zero-order valence-corrected chi connectivity index (χ0v) is 21.4. The van der Waals surface area contributed by atoms with Gasteiger partial charge in [-0.3, -0.25) is 9.59 Å². The largest absolute Gasteiger partial charge is 0.497 e. The zero-order chi connectivity index (χ0) is 24.1. The Kier molecular flexibility index (Phi) is 8.01. The monoisotopic (exact) mass is 500 g/mol. The maximum Gasteiger partial charge on any atom is 0.309 e. The standard InChI is InChI=1S/C26H32N2O4S2/c1-19-17-23(29)28(22-18-20(32-2)6-7-21(19)22)11-4-8-26(25(30)31)9-12-27(13-10-26)14-16-34-24-5-3-15-33-24/h3,5-7,15,17-18H,4,8-14,16H2,1-2H3,(H,30,31). The Hall–Kier alpha value is -2.29. The number of rotatable bonds is 10. The number of hydrogen-bond acceptors (Lipinski definition) is 6. The Balaban J connectivity index is 1.38. The third kappa shape index (κ3) is 5.50.